The third kappa shape index (κ3) is 4.63. The molecule has 2 aliphatic heterocycles. The lowest BCUT2D eigenvalue weighted by atomic mass is 10.1. The van der Waals surface area contributed by atoms with Crippen molar-refractivity contribution < 1.29 is 24.2 Å². The molecular formula is C24H27N5O5. The summed E-state index contributed by atoms with van der Waals surface area (Å²) in [5.41, 5.74) is 8.71. The zero-order valence-corrected chi connectivity index (χ0v) is 18.8. The topological polar surface area (TPSA) is 149 Å². The molecule has 10 heteroatoms. The molecule has 0 aromatic heterocycles. The van der Waals surface area contributed by atoms with Gasteiger partial charge in [0, 0.05) is 50.1 Å². The Kier molecular flexibility index (Phi) is 6.62. The number of nitrogen functional groups attached to an aromatic ring is 1. The van der Waals surface area contributed by atoms with Gasteiger partial charge in [-0.25, -0.2) is 0 Å². The van der Waals surface area contributed by atoms with E-state index in [9.17, 15) is 19.5 Å². The molecule has 0 aliphatic carbocycles. The van der Waals surface area contributed by atoms with Crippen molar-refractivity contribution in [1.29, 1.82) is 5.41 Å². The van der Waals surface area contributed by atoms with Crippen LogP contribution in [0.4, 0.5) is 5.69 Å². The molecule has 2 atom stereocenters. The van der Waals surface area contributed by atoms with Crippen LogP contribution in [0, 0.1) is 5.41 Å². The molecule has 4 rings (SSSR count). The maximum absolute atomic E-state index is 13.2. The van der Waals surface area contributed by atoms with Gasteiger partial charge in [0.05, 0.1) is 0 Å². The standard InChI is InChI=1S/C24H27N5O5/c1-28-13-16-7-8-17(11-18(16)23(28)32)29-9-2-10-34-20(24(29)33)19(30)22(31)27-12-14-3-5-15(6-4-14)21(25)26/h3-8,11,19-20,30H,2,9-10,12-13H2,1H3,(H3,25,26)(H,27,31). The number of ether oxygens (including phenoxy) is 1. The van der Waals surface area contributed by atoms with Crippen LogP contribution >= 0.6 is 0 Å². The zero-order chi connectivity index (χ0) is 24.4. The van der Waals surface area contributed by atoms with Gasteiger partial charge in [-0.15, -0.1) is 0 Å². The monoisotopic (exact) mass is 465 g/mol. The number of aliphatic hydroxyl groups excluding tert-OH is 1. The van der Waals surface area contributed by atoms with Gasteiger partial charge < -0.3 is 30.7 Å². The highest BCUT2D eigenvalue weighted by molar-refractivity contribution is 6.03. The lowest BCUT2D eigenvalue weighted by Crippen LogP contribution is -2.51. The Hall–Kier alpha value is -3.76. The third-order valence-corrected chi connectivity index (χ3v) is 6.01. The van der Waals surface area contributed by atoms with Gasteiger partial charge in [0.2, 0.25) is 0 Å². The number of amidine groups is 1. The van der Waals surface area contributed by atoms with Crippen molar-refractivity contribution in [2.45, 2.75) is 31.7 Å². The quantitative estimate of drug-likeness (QED) is 0.357. The number of rotatable bonds is 6. The number of hydrogen-bond donors (Lipinski definition) is 4. The number of amides is 3. The van der Waals surface area contributed by atoms with Crippen LogP contribution in [0.25, 0.3) is 0 Å². The maximum Gasteiger partial charge on any atom is 0.259 e. The van der Waals surface area contributed by atoms with Crippen LogP contribution in [0.3, 0.4) is 0 Å². The molecule has 10 nitrogen and oxygen atoms in total. The molecule has 34 heavy (non-hydrogen) atoms. The number of anilines is 1. The Morgan fingerprint density at radius 3 is 2.71 bits per heavy atom. The maximum atomic E-state index is 13.2. The minimum atomic E-state index is -1.70. The second-order valence-corrected chi connectivity index (χ2v) is 8.41. The molecule has 1 saturated heterocycles. The van der Waals surface area contributed by atoms with Gasteiger partial charge in [-0.3, -0.25) is 19.8 Å². The first-order chi connectivity index (χ1) is 16.3. The van der Waals surface area contributed by atoms with Gasteiger partial charge in [-0.1, -0.05) is 30.3 Å². The van der Waals surface area contributed by atoms with E-state index in [2.05, 4.69) is 5.32 Å². The second-order valence-electron chi connectivity index (χ2n) is 8.41. The summed E-state index contributed by atoms with van der Waals surface area (Å²) < 4.78 is 5.56. The van der Waals surface area contributed by atoms with Crippen molar-refractivity contribution in [3.8, 4) is 0 Å². The smallest absolute Gasteiger partial charge is 0.259 e. The van der Waals surface area contributed by atoms with Gasteiger partial charge in [-0.05, 0) is 29.7 Å². The molecule has 2 heterocycles. The van der Waals surface area contributed by atoms with Crippen LogP contribution in [0.5, 0.6) is 0 Å². The summed E-state index contributed by atoms with van der Waals surface area (Å²) in [6.45, 7) is 1.19. The molecule has 0 radical (unpaired) electrons. The van der Waals surface area contributed by atoms with Gasteiger partial charge in [0.1, 0.15) is 5.84 Å². The molecule has 3 amide bonds. The largest absolute Gasteiger partial charge is 0.384 e. The summed E-state index contributed by atoms with van der Waals surface area (Å²) in [4.78, 5) is 41.3. The molecule has 178 valence electrons. The summed E-state index contributed by atoms with van der Waals surface area (Å²) in [6.07, 6.45) is -2.55. The fourth-order valence-electron chi connectivity index (χ4n) is 4.09. The molecule has 2 unspecified atom stereocenters. The average molecular weight is 466 g/mol. The Morgan fingerprint density at radius 2 is 2.00 bits per heavy atom. The van der Waals surface area contributed by atoms with Crippen molar-refractivity contribution in [3.63, 3.8) is 0 Å². The van der Waals surface area contributed by atoms with Gasteiger partial charge in [0.25, 0.3) is 17.7 Å². The van der Waals surface area contributed by atoms with Crippen molar-refractivity contribution in [2.75, 3.05) is 25.1 Å². The zero-order valence-electron chi connectivity index (χ0n) is 18.8. The normalized spacial score (nSPS) is 18.9. The Bertz CT molecular complexity index is 1130. The molecule has 2 aromatic carbocycles. The molecule has 0 spiro atoms. The Morgan fingerprint density at radius 1 is 1.26 bits per heavy atom. The van der Waals surface area contributed by atoms with E-state index in [1.807, 2.05) is 6.07 Å². The van der Waals surface area contributed by atoms with E-state index in [0.717, 1.165) is 11.1 Å². The first-order valence-corrected chi connectivity index (χ1v) is 11.0. The highest BCUT2D eigenvalue weighted by atomic mass is 16.5. The van der Waals surface area contributed by atoms with E-state index in [0.29, 0.717) is 36.3 Å². The fraction of sp³-hybridized carbons (Fsp3) is 0.333. The summed E-state index contributed by atoms with van der Waals surface area (Å²) >= 11 is 0. The van der Waals surface area contributed by atoms with Crippen LogP contribution < -0.4 is 16.0 Å². The average Bonchev–Trinajstić information content (AvgIpc) is 2.99. The number of carbonyl (C=O) groups excluding carboxylic acids is 3. The van der Waals surface area contributed by atoms with E-state index in [1.165, 1.54) is 4.90 Å². The molecule has 2 aromatic rings. The highest BCUT2D eigenvalue weighted by Crippen LogP contribution is 2.28. The van der Waals surface area contributed by atoms with E-state index in [4.69, 9.17) is 15.9 Å². The number of fused-ring (bicyclic) bond motifs is 1. The van der Waals surface area contributed by atoms with Crippen molar-refractivity contribution in [3.05, 3.63) is 64.7 Å². The third-order valence-electron chi connectivity index (χ3n) is 6.01. The second kappa shape index (κ2) is 9.62. The lowest BCUT2D eigenvalue weighted by molar-refractivity contribution is -0.148. The van der Waals surface area contributed by atoms with Crippen LogP contribution in [0.2, 0.25) is 0 Å². The summed E-state index contributed by atoms with van der Waals surface area (Å²) in [5, 5.41) is 20.7. The van der Waals surface area contributed by atoms with Crippen molar-refractivity contribution in [1.82, 2.24) is 10.2 Å². The molecule has 2 aliphatic rings. The Balaban J connectivity index is 1.45. The van der Waals surface area contributed by atoms with E-state index in [1.54, 1.807) is 48.3 Å². The predicted molar refractivity (Wildman–Crippen MR) is 124 cm³/mol. The van der Waals surface area contributed by atoms with E-state index >= 15 is 0 Å². The van der Waals surface area contributed by atoms with Crippen molar-refractivity contribution >= 4 is 29.2 Å². The van der Waals surface area contributed by atoms with Gasteiger partial charge >= 0.3 is 0 Å². The number of benzene rings is 2. The number of nitrogens with one attached hydrogen (secondary N) is 2. The minimum Gasteiger partial charge on any atom is -0.384 e. The van der Waals surface area contributed by atoms with E-state index in [-0.39, 0.29) is 24.9 Å². The Labute approximate surface area is 196 Å². The molecule has 5 N–H and O–H groups in total. The lowest BCUT2D eigenvalue weighted by Gasteiger charge is -2.26. The number of nitrogens with two attached hydrogens (primary N) is 1. The van der Waals surface area contributed by atoms with Gasteiger partial charge in [0.15, 0.2) is 12.2 Å². The highest BCUT2D eigenvalue weighted by Gasteiger charge is 2.38. The van der Waals surface area contributed by atoms with Crippen LogP contribution in [0.1, 0.15) is 33.5 Å². The van der Waals surface area contributed by atoms with Crippen LogP contribution in [-0.4, -0.2) is 66.0 Å². The molecule has 0 saturated carbocycles. The minimum absolute atomic E-state index is 0.0562. The summed E-state index contributed by atoms with van der Waals surface area (Å²) in [5.74, 6) is -1.44. The molecular weight excluding hydrogens is 438 g/mol. The SMILES string of the molecule is CN1Cc2ccc(N3CCCOC(C(O)C(=O)NCc4ccc(C(=N)N)cc4)C3=O)cc2C1=O. The van der Waals surface area contributed by atoms with Gasteiger partial charge in [-0.2, -0.15) is 0 Å². The summed E-state index contributed by atoms with van der Waals surface area (Å²) in [7, 11) is 1.72. The van der Waals surface area contributed by atoms with Crippen LogP contribution in [-0.2, 0) is 27.4 Å². The van der Waals surface area contributed by atoms with Crippen molar-refractivity contribution in [2.24, 2.45) is 5.73 Å². The summed E-state index contributed by atoms with van der Waals surface area (Å²) in [6, 6.07) is 12.0. The predicted octanol–water partition coefficient (Wildman–Crippen LogP) is 0.355. The van der Waals surface area contributed by atoms with Crippen LogP contribution in [0.15, 0.2) is 42.5 Å². The number of nitrogens with zero attached hydrogens (tertiary/aromatic N) is 2. The number of carbonyl (C=O) groups is 3. The molecule has 1 fully saturated rings. The fourth-order valence-corrected chi connectivity index (χ4v) is 4.09. The first kappa shape index (κ1) is 23.4. The molecule has 0 bridgehead atoms. The van der Waals surface area contributed by atoms with E-state index < -0.39 is 24.0 Å². The first-order valence-electron chi connectivity index (χ1n) is 11.0. The number of hydrogen-bond acceptors (Lipinski definition) is 6. The number of aliphatic hydroxyl groups is 1.